The number of methoxy groups -OCH3 is 1. The summed E-state index contributed by atoms with van der Waals surface area (Å²) in [6, 6.07) is 0. The monoisotopic (exact) mass is 507 g/mol. The standard InChI is InChI=1S/C13H19N5O9S3.Na/c1-7(2)27-16-9(8-5-28-12(14-8)17-29(4,21)22)10(19)15-13(26-3)6-18(11(13)20)30(23,24)25;/h5,7H,6H2,1-4H3,(H,14,17)(H,15,19)(H,23,24,25);/q;+1/p-1/b16-9+;. The topological polar surface area (TPSA) is 196 Å². The maximum absolute atomic E-state index is 12.7. The zero-order valence-electron chi connectivity index (χ0n) is 17.1. The third-order valence-corrected chi connectivity index (χ3v) is 5.75. The van der Waals surface area contributed by atoms with Gasteiger partial charge in [-0.15, -0.1) is 11.3 Å². The quantitative estimate of drug-likeness (QED) is 0.0819. The molecule has 2 N–H and O–H groups in total. The van der Waals surface area contributed by atoms with Crippen LogP contribution in [0.5, 0.6) is 0 Å². The molecule has 2 rings (SSSR count). The van der Waals surface area contributed by atoms with Crippen molar-refractivity contribution in [1.29, 1.82) is 0 Å². The summed E-state index contributed by atoms with van der Waals surface area (Å²) in [7, 11) is -7.66. The third kappa shape index (κ3) is 6.82. The van der Waals surface area contributed by atoms with Crippen molar-refractivity contribution in [2.75, 3.05) is 24.6 Å². The number of ether oxygens (including phenoxy) is 1. The smallest absolute Gasteiger partial charge is 0.731 e. The summed E-state index contributed by atoms with van der Waals surface area (Å²) >= 11 is 0.859. The van der Waals surface area contributed by atoms with E-state index in [0.717, 1.165) is 24.7 Å². The van der Waals surface area contributed by atoms with Crippen LogP contribution in [0.2, 0.25) is 0 Å². The number of oxime groups is 1. The molecule has 1 aliphatic heterocycles. The van der Waals surface area contributed by atoms with Crippen LogP contribution in [0.25, 0.3) is 0 Å². The molecule has 1 aliphatic rings. The van der Waals surface area contributed by atoms with Crippen molar-refractivity contribution in [2.24, 2.45) is 5.16 Å². The van der Waals surface area contributed by atoms with Gasteiger partial charge in [0.15, 0.2) is 21.1 Å². The fraction of sp³-hybridized carbons (Fsp3) is 0.538. The summed E-state index contributed by atoms with van der Waals surface area (Å²) < 4.78 is 62.8. The van der Waals surface area contributed by atoms with Crippen molar-refractivity contribution >= 4 is 54.3 Å². The molecule has 168 valence electrons. The van der Waals surface area contributed by atoms with E-state index in [1.165, 1.54) is 5.38 Å². The molecule has 14 nitrogen and oxygen atoms in total. The maximum atomic E-state index is 12.7. The van der Waals surface area contributed by atoms with E-state index < -0.39 is 56.2 Å². The number of β-lactam (4-membered cyclic amide) rings is 1. The van der Waals surface area contributed by atoms with Crippen LogP contribution < -0.4 is 39.6 Å². The van der Waals surface area contributed by atoms with Crippen molar-refractivity contribution < 1.29 is 70.1 Å². The average Bonchev–Trinajstić information content (AvgIpc) is 3.02. The first-order valence-electron chi connectivity index (χ1n) is 8.01. The summed E-state index contributed by atoms with van der Waals surface area (Å²) in [6.45, 7) is 2.51. The number of aromatic nitrogens is 1. The Bertz CT molecular complexity index is 1090. The van der Waals surface area contributed by atoms with Crippen molar-refractivity contribution in [1.82, 2.24) is 14.6 Å². The molecule has 1 saturated heterocycles. The predicted molar refractivity (Wildman–Crippen MR) is 103 cm³/mol. The van der Waals surface area contributed by atoms with Crippen LogP contribution in [0.15, 0.2) is 10.5 Å². The second-order valence-electron chi connectivity index (χ2n) is 6.26. The molecule has 1 aromatic heterocycles. The van der Waals surface area contributed by atoms with E-state index in [9.17, 15) is 31.0 Å². The van der Waals surface area contributed by atoms with E-state index in [4.69, 9.17) is 9.57 Å². The first-order valence-corrected chi connectivity index (χ1v) is 12.2. The van der Waals surface area contributed by atoms with Gasteiger partial charge in [0.25, 0.3) is 11.8 Å². The van der Waals surface area contributed by atoms with Gasteiger partial charge in [-0.3, -0.25) is 14.3 Å². The van der Waals surface area contributed by atoms with E-state index >= 15 is 0 Å². The number of anilines is 1. The molecular weight excluding hydrogens is 489 g/mol. The molecule has 31 heavy (non-hydrogen) atoms. The van der Waals surface area contributed by atoms with Gasteiger partial charge >= 0.3 is 29.6 Å². The van der Waals surface area contributed by atoms with Crippen LogP contribution in [0.1, 0.15) is 19.5 Å². The molecule has 0 radical (unpaired) electrons. The van der Waals surface area contributed by atoms with Gasteiger partial charge in [0.1, 0.15) is 11.8 Å². The molecule has 1 unspecified atom stereocenters. The van der Waals surface area contributed by atoms with Crippen molar-refractivity contribution in [3.63, 3.8) is 0 Å². The van der Waals surface area contributed by atoms with Gasteiger partial charge in [-0.25, -0.2) is 26.1 Å². The van der Waals surface area contributed by atoms with Crippen LogP contribution in [0, 0.1) is 0 Å². The number of nitrogens with zero attached hydrogens (tertiary/aromatic N) is 3. The zero-order chi connectivity index (χ0) is 22.9. The van der Waals surface area contributed by atoms with Crippen molar-refractivity contribution in [3.8, 4) is 0 Å². The van der Waals surface area contributed by atoms with E-state index in [0.29, 0.717) is 0 Å². The normalized spacial score (nSPS) is 19.5. The van der Waals surface area contributed by atoms with Crippen LogP contribution in [-0.2, 0) is 39.5 Å². The summed E-state index contributed by atoms with van der Waals surface area (Å²) in [4.78, 5) is 33.9. The van der Waals surface area contributed by atoms with Gasteiger partial charge in [-0.05, 0) is 13.8 Å². The Kier molecular flexibility index (Phi) is 9.00. The molecular formula is C13H18N5NaO9S3. The van der Waals surface area contributed by atoms with Gasteiger partial charge in [0.2, 0.25) is 15.7 Å². The minimum atomic E-state index is -5.07. The van der Waals surface area contributed by atoms with Gasteiger partial charge in [0, 0.05) is 12.5 Å². The number of amides is 2. The molecule has 2 heterocycles. The van der Waals surface area contributed by atoms with Crippen LogP contribution in [0.3, 0.4) is 0 Å². The Labute approximate surface area is 204 Å². The first kappa shape index (κ1) is 27.7. The first-order chi connectivity index (χ1) is 13.7. The van der Waals surface area contributed by atoms with E-state index in [1.54, 1.807) is 13.8 Å². The fourth-order valence-corrected chi connectivity index (χ4v) is 4.36. The van der Waals surface area contributed by atoms with Crippen LogP contribution in [-0.4, -0.2) is 79.9 Å². The van der Waals surface area contributed by atoms with E-state index in [2.05, 4.69) is 20.2 Å². The molecule has 1 atom stereocenters. The number of carbonyl (C=O) groups is 2. The van der Waals surface area contributed by atoms with Crippen LogP contribution >= 0.6 is 11.3 Å². The third-order valence-electron chi connectivity index (χ3n) is 3.46. The van der Waals surface area contributed by atoms with Crippen LogP contribution in [0.4, 0.5) is 5.13 Å². The molecule has 0 saturated carbocycles. The number of hydrogen-bond acceptors (Lipinski definition) is 12. The molecule has 0 aromatic carbocycles. The summed E-state index contributed by atoms with van der Waals surface area (Å²) in [6.07, 6.45) is 0.473. The van der Waals surface area contributed by atoms with E-state index in [-0.39, 0.29) is 44.7 Å². The Hall–Kier alpha value is -1.34. The molecule has 1 aromatic rings. The maximum Gasteiger partial charge on any atom is 1.00 e. The number of rotatable bonds is 9. The Balaban J connectivity index is 0.00000480. The fourth-order valence-electron chi connectivity index (χ4n) is 2.12. The average molecular weight is 508 g/mol. The second kappa shape index (κ2) is 10.1. The number of hydrogen-bond donors (Lipinski definition) is 2. The van der Waals surface area contributed by atoms with Gasteiger partial charge < -0.3 is 19.4 Å². The Morgan fingerprint density at radius 1 is 1.39 bits per heavy atom. The van der Waals surface area contributed by atoms with Gasteiger partial charge in [0.05, 0.1) is 12.8 Å². The molecule has 1 fully saturated rings. The Morgan fingerprint density at radius 2 is 2.00 bits per heavy atom. The van der Waals surface area contributed by atoms with Gasteiger partial charge in [-0.2, -0.15) is 0 Å². The number of carbonyl (C=O) groups excluding carboxylic acids is 2. The summed E-state index contributed by atoms with van der Waals surface area (Å²) in [5, 5.41) is 7.11. The molecule has 0 bridgehead atoms. The summed E-state index contributed by atoms with van der Waals surface area (Å²) in [5.41, 5.74) is -2.62. The number of thiazole rings is 1. The minimum absolute atomic E-state index is 0. The number of nitrogens with one attached hydrogen (secondary N) is 2. The second-order valence-corrected chi connectivity index (χ2v) is 10.2. The summed E-state index contributed by atoms with van der Waals surface area (Å²) in [5.74, 6) is -2.32. The zero-order valence-corrected chi connectivity index (χ0v) is 21.6. The molecule has 2 amide bonds. The molecule has 18 heteroatoms. The van der Waals surface area contributed by atoms with Gasteiger partial charge in [-0.1, -0.05) is 5.16 Å². The van der Waals surface area contributed by atoms with Crippen molar-refractivity contribution in [3.05, 3.63) is 11.1 Å². The van der Waals surface area contributed by atoms with E-state index in [1.807, 2.05) is 0 Å². The Morgan fingerprint density at radius 3 is 2.45 bits per heavy atom. The predicted octanol–water partition coefficient (Wildman–Crippen LogP) is -4.59. The number of sulfonamides is 1. The van der Waals surface area contributed by atoms with Crippen molar-refractivity contribution in [2.45, 2.75) is 25.7 Å². The SMILES string of the molecule is COC1(NC(=O)/C(=N/OC(C)C)c2csc(NS(C)(=O)=O)n2)CN(S(=O)(=O)[O-])C1=O.[Na+]. The largest absolute Gasteiger partial charge is 1.00 e. The molecule has 0 spiro atoms. The minimum Gasteiger partial charge on any atom is -0.731 e. The molecule has 0 aliphatic carbocycles.